The number of amides is 1. The number of pyridine rings is 1. The molecular weight excluding hydrogens is 324 g/mol. The number of aromatic nitrogens is 1. The molecule has 0 unspecified atom stereocenters. The predicted molar refractivity (Wildman–Crippen MR) is 95.4 cm³/mol. The second-order valence-electron chi connectivity index (χ2n) is 5.31. The third-order valence-electron chi connectivity index (χ3n) is 3.63. The van der Waals surface area contributed by atoms with E-state index < -0.39 is 0 Å². The van der Waals surface area contributed by atoms with Crippen LogP contribution in [-0.2, 0) is 11.2 Å². The molecule has 0 aliphatic heterocycles. The smallest absolute Gasteiger partial charge is 0.257 e. The topological polar surface area (TPSA) is 51.2 Å². The maximum Gasteiger partial charge on any atom is 0.257 e. The largest absolute Gasteiger partial charge is 0.482 e. The first-order valence-electron chi connectivity index (χ1n) is 7.71. The number of halogens is 1. The van der Waals surface area contributed by atoms with Crippen LogP contribution in [0.2, 0.25) is 5.02 Å². The Morgan fingerprint density at radius 2 is 1.92 bits per heavy atom. The lowest BCUT2D eigenvalue weighted by atomic mass is 10.1. The molecular formula is C19H17ClN2O2. The Labute approximate surface area is 145 Å². The number of nitrogens with one attached hydrogen (secondary N) is 1. The van der Waals surface area contributed by atoms with Gasteiger partial charge in [0.15, 0.2) is 6.61 Å². The predicted octanol–water partition coefficient (Wildman–Crippen LogP) is 3.63. The Balaban J connectivity index is 1.51. The Morgan fingerprint density at radius 1 is 1.08 bits per heavy atom. The van der Waals surface area contributed by atoms with Crippen LogP contribution in [0.4, 0.5) is 0 Å². The minimum atomic E-state index is -0.178. The highest BCUT2D eigenvalue weighted by atomic mass is 35.5. The van der Waals surface area contributed by atoms with Crippen molar-refractivity contribution in [2.24, 2.45) is 0 Å². The van der Waals surface area contributed by atoms with Crippen molar-refractivity contribution in [3.63, 3.8) is 0 Å². The summed E-state index contributed by atoms with van der Waals surface area (Å²) in [4.78, 5) is 16.3. The Kier molecular flexibility index (Phi) is 5.29. The molecule has 1 heterocycles. The average molecular weight is 341 g/mol. The molecule has 0 bridgehead atoms. The van der Waals surface area contributed by atoms with Crippen LogP contribution in [0.5, 0.6) is 5.75 Å². The zero-order chi connectivity index (χ0) is 16.8. The van der Waals surface area contributed by atoms with Gasteiger partial charge in [-0.3, -0.25) is 9.78 Å². The molecule has 0 spiro atoms. The number of carbonyl (C=O) groups is 1. The fourth-order valence-electron chi connectivity index (χ4n) is 2.46. The van der Waals surface area contributed by atoms with Crippen molar-refractivity contribution in [2.75, 3.05) is 13.2 Å². The minimum absolute atomic E-state index is 0.0580. The van der Waals surface area contributed by atoms with Gasteiger partial charge in [-0.15, -0.1) is 0 Å². The molecule has 5 heteroatoms. The van der Waals surface area contributed by atoms with Crippen molar-refractivity contribution >= 4 is 28.4 Å². The Hall–Kier alpha value is -2.59. The van der Waals surface area contributed by atoms with E-state index in [2.05, 4.69) is 10.3 Å². The van der Waals surface area contributed by atoms with E-state index in [-0.39, 0.29) is 12.5 Å². The number of hydrogen-bond acceptors (Lipinski definition) is 3. The standard InChI is InChI=1S/C19H17ClN2O2/c20-16-8-1-2-9-17(16)24-13-18(23)21-12-10-15-6-3-5-14-7-4-11-22-19(14)15/h1-9,11H,10,12-13H2,(H,21,23). The summed E-state index contributed by atoms with van der Waals surface area (Å²) < 4.78 is 5.42. The van der Waals surface area contributed by atoms with Gasteiger partial charge in [-0.1, -0.05) is 48.0 Å². The van der Waals surface area contributed by atoms with E-state index >= 15 is 0 Å². The monoisotopic (exact) mass is 340 g/mol. The molecule has 1 aromatic heterocycles. The van der Waals surface area contributed by atoms with Crippen molar-refractivity contribution in [3.8, 4) is 5.75 Å². The van der Waals surface area contributed by atoms with Gasteiger partial charge in [0, 0.05) is 18.1 Å². The second kappa shape index (κ2) is 7.79. The van der Waals surface area contributed by atoms with E-state index in [4.69, 9.17) is 16.3 Å². The first-order chi connectivity index (χ1) is 11.7. The van der Waals surface area contributed by atoms with Gasteiger partial charge in [0.25, 0.3) is 5.91 Å². The number of rotatable bonds is 6. The van der Waals surface area contributed by atoms with E-state index in [1.54, 1.807) is 18.3 Å². The molecule has 2 aromatic carbocycles. The lowest BCUT2D eigenvalue weighted by molar-refractivity contribution is -0.123. The molecule has 24 heavy (non-hydrogen) atoms. The highest BCUT2D eigenvalue weighted by molar-refractivity contribution is 6.32. The number of nitrogens with zero attached hydrogens (tertiary/aromatic N) is 1. The molecule has 0 atom stereocenters. The maximum absolute atomic E-state index is 11.9. The lowest BCUT2D eigenvalue weighted by Gasteiger charge is -2.09. The maximum atomic E-state index is 11.9. The molecule has 0 saturated carbocycles. The van der Waals surface area contributed by atoms with Gasteiger partial charge < -0.3 is 10.1 Å². The molecule has 0 fully saturated rings. The number of benzene rings is 2. The van der Waals surface area contributed by atoms with E-state index in [0.717, 1.165) is 16.5 Å². The van der Waals surface area contributed by atoms with E-state index in [9.17, 15) is 4.79 Å². The highest BCUT2D eigenvalue weighted by Gasteiger charge is 2.06. The normalized spacial score (nSPS) is 10.5. The molecule has 0 radical (unpaired) electrons. The molecule has 4 nitrogen and oxygen atoms in total. The SMILES string of the molecule is O=C(COc1ccccc1Cl)NCCc1cccc2cccnc12. The van der Waals surface area contributed by atoms with E-state index in [0.29, 0.717) is 23.7 Å². The minimum Gasteiger partial charge on any atom is -0.482 e. The molecule has 1 amide bonds. The molecule has 0 saturated heterocycles. The summed E-state index contributed by atoms with van der Waals surface area (Å²) in [5, 5.41) is 4.44. The number of hydrogen-bond donors (Lipinski definition) is 1. The van der Waals surface area contributed by atoms with Gasteiger partial charge in [-0.2, -0.15) is 0 Å². The van der Waals surface area contributed by atoms with Crippen LogP contribution in [0.15, 0.2) is 60.8 Å². The van der Waals surface area contributed by atoms with Crippen LogP contribution in [0.3, 0.4) is 0 Å². The fourth-order valence-corrected chi connectivity index (χ4v) is 2.65. The first kappa shape index (κ1) is 16.3. The summed E-state index contributed by atoms with van der Waals surface area (Å²) in [6, 6.07) is 17.1. The number of para-hydroxylation sites is 2. The fraction of sp³-hybridized carbons (Fsp3) is 0.158. The van der Waals surface area contributed by atoms with Gasteiger partial charge in [0.05, 0.1) is 10.5 Å². The van der Waals surface area contributed by atoms with Crippen molar-refractivity contribution in [1.29, 1.82) is 0 Å². The van der Waals surface area contributed by atoms with Crippen LogP contribution in [0, 0.1) is 0 Å². The average Bonchev–Trinajstić information content (AvgIpc) is 2.61. The summed E-state index contributed by atoms with van der Waals surface area (Å²) in [6.07, 6.45) is 2.49. The van der Waals surface area contributed by atoms with Crippen molar-refractivity contribution in [3.05, 3.63) is 71.4 Å². The van der Waals surface area contributed by atoms with Crippen molar-refractivity contribution in [2.45, 2.75) is 6.42 Å². The number of ether oxygens (including phenoxy) is 1. The number of carbonyl (C=O) groups excluding carboxylic acids is 1. The van der Waals surface area contributed by atoms with E-state index in [1.165, 1.54) is 0 Å². The van der Waals surface area contributed by atoms with Gasteiger partial charge in [0.1, 0.15) is 5.75 Å². The van der Waals surface area contributed by atoms with Gasteiger partial charge in [0.2, 0.25) is 0 Å². The summed E-state index contributed by atoms with van der Waals surface area (Å²) in [7, 11) is 0. The quantitative estimate of drug-likeness (QED) is 0.745. The lowest BCUT2D eigenvalue weighted by Crippen LogP contribution is -2.30. The highest BCUT2D eigenvalue weighted by Crippen LogP contribution is 2.22. The summed E-state index contributed by atoms with van der Waals surface area (Å²) in [5.74, 6) is 0.329. The Morgan fingerprint density at radius 3 is 2.79 bits per heavy atom. The third kappa shape index (κ3) is 4.03. The molecule has 3 aromatic rings. The zero-order valence-corrected chi connectivity index (χ0v) is 13.8. The van der Waals surface area contributed by atoms with Crippen LogP contribution < -0.4 is 10.1 Å². The summed E-state index contributed by atoms with van der Waals surface area (Å²) >= 11 is 5.98. The van der Waals surface area contributed by atoms with Gasteiger partial charge in [-0.05, 0) is 30.2 Å². The summed E-state index contributed by atoms with van der Waals surface area (Å²) in [5.41, 5.74) is 2.09. The van der Waals surface area contributed by atoms with Crippen LogP contribution in [-0.4, -0.2) is 24.0 Å². The van der Waals surface area contributed by atoms with Gasteiger partial charge >= 0.3 is 0 Å². The molecule has 0 aliphatic rings. The summed E-state index contributed by atoms with van der Waals surface area (Å²) in [6.45, 7) is 0.470. The number of fused-ring (bicyclic) bond motifs is 1. The first-order valence-corrected chi connectivity index (χ1v) is 8.08. The zero-order valence-electron chi connectivity index (χ0n) is 13.0. The van der Waals surface area contributed by atoms with Crippen molar-refractivity contribution < 1.29 is 9.53 Å². The third-order valence-corrected chi connectivity index (χ3v) is 3.94. The molecule has 122 valence electrons. The molecule has 3 rings (SSSR count). The molecule has 0 aliphatic carbocycles. The second-order valence-corrected chi connectivity index (χ2v) is 5.72. The molecule has 1 N–H and O–H groups in total. The van der Waals surface area contributed by atoms with Gasteiger partial charge in [-0.25, -0.2) is 0 Å². The Bertz CT molecular complexity index is 846. The van der Waals surface area contributed by atoms with Crippen LogP contribution in [0.25, 0.3) is 10.9 Å². The van der Waals surface area contributed by atoms with Crippen molar-refractivity contribution in [1.82, 2.24) is 10.3 Å². The van der Waals surface area contributed by atoms with Crippen LogP contribution >= 0.6 is 11.6 Å². The van der Waals surface area contributed by atoms with Crippen LogP contribution in [0.1, 0.15) is 5.56 Å². The van der Waals surface area contributed by atoms with E-state index in [1.807, 2.05) is 42.5 Å².